The summed E-state index contributed by atoms with van der Waals surface area (Å²) in [7, 11) is 0. The van der Waals surface area contributed by atoms with Crippen LogP contribution >= 0.6 is 0 Å². The second-order valence-corrected chi connectivity index (χ2v) is 6.84. The first-order valence-corrected chi connectivity index (χ1v) is 8.18. The number of fused-ring (bicyclic) bond motifs is 3. The van der Waals surface area contributed by atoms with Crippen molar-refractivity contribution in [2.45, 2.75) is 13.8 Å². The monoisotopic (exact) mass is 390 g/mol. The average Bonchev–Trinajstić information content (AvgIpc) is 3.18. The molecule has 0 aliphatic heterocycles. The number of benzene rings is 2. The summed E-state index contributed by atoms with van der Waals surface area (Å²) in [4.78, 5) is 0. The predicted molar refractivity (Wildman–Crippen MR) is 95.4 cm³/mol. The van der Waals surface area contributed by atoms with Crippen molar-refractivity contribution in [1.29, 1.82) is 0 Å². The van der Waals surface area contributed by atoms with Crippen molar-refractivity contribution in [3.8, 4) is 0 Å². The van der Waals surface area contributed by atoms with Crippen LogP contribution in [0, 0.1) is 0 Å². The fraction of sp³-hybridized carbons (Fsp3) is 0.0952. The van der Waals surface area contributed by atoms with Gasteiger partial charge in [-0.1, -0.05) is 36.4 Å². The van der Waals surface area contributed by atoms with Crippen molar-refractivity contribution < 1.29 is 44.8 Å². The molecule has 0 unspecified atom stereocenters. The van der Waals surface area contributed by atoms with E-state index in [-0.39, 0.29) is 24.8 Å². The van der Waals surface area contributed by atoms with Gasteiger partial charge in [-0.2, -0.15) is 18.2 Å². The van der Waals surface area contributed by atoms with E-state index in [0.717, 1.165) is 0 Å². The first kappa shape index (κ1) is 22.8. The summed E-state index contributed by atoms with van der Waals surface area (Å²) >= 11 is 2.08. The Labute approximate surface area is 168 Å². The summed E-state index contributed by atoms with van der Waals surface area (Å²) in [5, 5.41) is 5.39. The SMILES string of the molecule is C[C](C)=[Ti+2].[Cl-].[Cl-].c1cc[cH-]c1.c1ccc2c(c1)[cH-]c1ccccc12. The largest absolute Gasteiger partial charge is 1.00 e. The van der Waals surface area contributed by atoms with Crippen molar-refractivity contribution in [2.24, 2.45) is 0 Å². The van der Waals surface area contributed by atoms with Crippen molar-refractivity contribution in [1.82, 2.24) is 0 Å². The molecule has 124 valence electrons. The maximum atomic E-state index is 2.24. The van der Waals surface area contributed by atoms with Gasteiger partial charge in [0.25, 0.3) is 0 Å². The molecule has 0 saturated heterocycles. The molecule has 0 nitrogen and oxygen atoms in total. The molecule has 0 bridgehead atoms. The van der Waals surface area contributed by atoms with E-state index >= 15 is 0 Å². The zero-order chi connectivity index (χ0) is 15.8. The van der Waals surface area contributed by atoms with Crippen LogP contribution in [0.3, 0.4) is 0 Å². The molecule has 0 aliphatic rings. The molecule has 0 radical (unpaired) electrons. The van der Waals surface area contributed by atoms with Gasteiger partial charge in [-0.3, -0.25) is 0 Å². The first-order valence-electron chi connectivity index (χ1n) is 7.40. The van der Waals surface area contributed by atoms with Gasteiger partial charge in [0.05, 0.1) is 0 Å². The fourth-order valence-corrected chi connectivity index (χ4v) is 2.22. The Hall–Kier alpha value is -1.18. The van der Waals surface area contributed by atoms with E-state index in [1.807, 2.05) is 30.3 Å². The van der Waals surface area contributed by atoms with E-state index in [1.165, 1.54) is 25.4 Å². The van der Waals surface area contributed by atoms with E-state index in [9.17, 15) is 0 Å². The number of rotatable bonds is 0. The maximum absolute atomic E-state index is 2.24. The third kappa shape index (κ3) is 7.15. The Morgan fingerprint density at radius 2 is 1.08 bits per heavy atom. The van der Waals surface area contributed by atoms with Crippen LogP contribution in [0.15, 0.2) is 84.9 Å². The molecule has 4 rings (SSSR count). The second kappa shape index (κ2) is 12.2. The van der Waals surface area contributed by atoms with E-state index in [2.05, 4.69) is 88.4 Å². The zero-order valence-electron chi connectivity index (χ0n) is 13.8. The van der Waals surface area contributed by atoms with Crippen LogP contribution in [0.2, 0.25) is 0 Å². The average molecular weight is 391 g/mol. The number of halogens is 2. The minimum absolute atomic E-state index is 0. The Morgan fingerprint density at radius 3 is 1.42 bits per heavy atom. The summed E-state index contributed by atoms with van der Waals surface area (Å²) in [6.07, 6.45) is 0. The molecule has 0 fully saturated rings. The minimum Gasteiger partial charge on any atom is -1.00 e. The van der Waals surface area contributed by atoms with Gasteiger partial charge in [0, 0.05) is 0 Å². The Balaban J connectivity index is 0.000000409. The smallest absolute Gasteiger partial charge is 0.0771 e. The van der Waals surface area contributed by atoms with E-state index < -0.39 is 0 Å². The molecule has 4 aromatic carbocycles. The second-order valence-electron chi connectivity index (χ2n) is 5.28. The molecular formula is C21H20Cl2Ti-2. The topological polar surface area (TPSA) is 0 Å². The quantitative estimate of drug-likeness (QED) is 0.290. The van der Waals surface area contributed by atoms with Gasteiger partial charge in [0.2, 0.25) is 0 Å². The Kier molecular flexibility index (Phi) is 11.6. The van der Waals surface area contributed by atoms with Crippen molar-refractivity contribution >= 4 is 25.4 Å². The van der Waals surface area contributed by atoms with Gasteiger partial charge in [0.15, 0.2) is 0 Å². The van der Waals surface area contributed by atoms with Crippen LogP contribution in [-0.4, -0.2) is 3.81 Å². The van der Waals surface area contributed by atoms with Gasteiger partial charge in [-0.15, -0.1) is 39.7 Å². The normalized spacial score (nSPS) is 8.83. The summed E-state index contributed by atoms with van der Waals surface area (Å²) in [6, 6.07) is 29.3. The molecule has 0 saturated carbocycles. The third-order valence-electron chi connectivity index (χ3n) is 3.08. The summed E-state index contributed by atoms with van der Waals surface area (Å²) < 4.78 is 1.42. The number of hydrogen-bond donors (Lipinski definition) is 0. The molecule has 0 spiro atoms. The van der Waals surface area contributed by atoms with E-state index in [0.29, 0.717) is 0 Å². The third-order valence-corrected chi connectivity index (χ3v) is 3.08. The van der Waals surface area contributed by atoms with Crippen LogP contribution in [0.4, 0.5) is 0 Å². The summed E-state index contributed by atoms with van der Waals surface area (Å²) in [5.41, 5.74) is 0. The van der Waals surface area contributed by atoms with Crippen LogP contribution in [-0.2, 0) is 20.0 Å². The van der Waals surface area contributed by atoms with Crippen LogP contribution in [0.25, 0.3) is 21.5 Å². The predicted octanol–water partition coefficient (Wildman–Crippen LogP) is -0.129. The fourth-order valence-electron chi connectivity index (χ4n) is 2.22. The Morgan fingerprint density at radius 1 is 0.708 bits per heavy atom. The molecular weight excluding hydrogens is 371 g/mol. The molecule has 0 atom stereocenters. The Bertz CT molecular complexity index is 758. The molecule has 3 heteroatoms. The summed E-state index contributed by atoms with van der Waals surface area (Å²) in [6.45, 7) is 4.17. The van der Waals surface area contributed by atoms with Gasteiger partial charge < -0.3 is 24.8 Å². The molecule has 0 aliphatic carbocycles. The maximum Gasteiger partial charge on any atom is -0.0771 e. The van der Waals surface area contributed by atoms with Crippen LogP contribution in [0.5, 0.6) is 0 Å². The van der Waals surface area contributed by atoms with Gasteiger partial charge in [-0.05, 0) is 0 Å². The molecule has 4 aromatic rings. The van der Waals surface area contributed by atoms with E-state index in [4.69, 9.17) is 0 Å². The molecule has 24 heavy (non-hydrogen) atoms. The van der Waals surface area contributed by atoms with Crippen molar-refractivity contribution in [3.63, 3.8) is 0 Å². The van der Waals surface area contributed by atoms with Crippen LogP contribution in [0.1, 0.15) is 13.8 Å². The van der Waals surface area contributed by atoms with Gasteiger partial charge >= 0.3 is 37.6 Å². The zero-order valence-corrected chi connectivity index (χ0v) is 16.9. The molecule has 0 aromatic heterocycles. The van der Waals surface area contributed by atoms with Gasteiger partial charge in [-0.25, -0.2) is 12.1 Å². The number of hydrogen-bond acceptors (Lipinski definition) is 0. The van der Waals surface area contributed by atoms with E-state index in [1.54, 1.807) is 0 Å². The standard InChI is InChI=1S/C13H9.C5H5.C3H6.2ClH.Ti/c1-3-7-12-10(5-1)9-11-6-2-4-8-13(11)12;1-2-4-5-3-1;1-3-2;;;/h1-9H;1-5H;1-2H3;2*1H;/q2*-1;;;;+2/p-2. The first-order chi connectivity index (χ1) is 10.7. The van der Waals surface area contributed by atoms with Crippen molar-refractivity contribution in [3.05, 3.63) is 84.9 Å². The minimum atomic E-state index is 0. The van der Waals surface area contributed by atoms with Crippen LogP contribution < -0.4 is 24.8 Å². The molecule has 0 amide bonds. The summed E-state index contributed by atoms with van der Waals surface area (Å²) in [5.74, 6) is 0. The molecule has 0 heterocycles. The van der Waals surface area contributed by atoms with Gasteiger partial charge in [0.1, 0.15) is 0 Å². The van der Waals surface area contributed by atoms with Crippen molar-refractivity contribution in [2.75, 3.05) is 0 Å². The molecule has 0 N–H and O–H groups in total.